The van der Waals surface area contributed by atoms with Gasteiger partial charge >= 0.3 is 0 Å². The molecule has 4 rings (SSSR count). The van der Waals surface area contributed by atoms with Gasteiger partial charge in [-0.1, -0.05) is 83.7 Å². The maximum absolute atomic E-state index is 3.34. The highest BCUT2D eigenvalue weighted by Gasteiger charge is 2.06. The van der Waals surface area contributed by atoms with Crippen LogP contribution >= 0.6 is 0 Å². The van der Waals surface area contributed by atoms with Crippen LogP contribution in [0, 0.1) is 0 Å². The van der Waals surface area contributed by atoms with Crippen molar-refractivity contribution in [2.75, 3.05) is 6.54 Å². The van der Waals surface area contributed by atoms with Gasteiger partial charge in [0, 0.05) is 19.6 Å². The van der Waals surface area contributed by atoms with Crippen molar-refractivity contribution in [1.82, 2.24) is 10.6 Å². The molecular weight excluding hydrogens is 292 g/mol. The van der Waals surface area contributed by atoms with Gasteiger partial charge in [-0.3, -0.25) is 0 Å². The third kappa shape index (κ3) is 6.86. The number of benzene rings is 2. The molecule has 2 aliphatic rings. The summed E-state index contributed by atoms with van der Waals surface area (Å²) in [5.74, 6) is 0. The van der Waals surface area contributed by atoms with E-state index in [9.17, 15) is 0 Å². The molecule has 2 aromatic rings. The zero-order valence-corrected chi connectivity index (χ0v) is 15.2. The van der Waals surface area contributed by atoms with E-state index in [1.807, 2.05) is 27.7 Å². The first-order chi connectivity index (χ1) is 11.4. The van der Waals surface area contributed by atoms with Crippen LogP contribution in [0.3, 0.4) is 0 Å². The molecule has 2 aromatic carbocycles. The number of hydrogen-bond donors (Lipinski definition) is 2. The van der Waals surface area contributed by atoms with Crippen LogP contribution in [0.4, 0.5) is 0 Å². The predicted molar refractivity (Wildman–Crippen MR) is 108 cm³/mol. The third-order valence-corrected chi connectivity index (χ3v) is 3.75. The molecule has 0 radical (unpaired) electrons. The molecule has 0 atom stereocenters. The molecule has 2 nitrogen and oxygen atoms in total. The average Bonchev–Trinajstić information content (AvgIpc) is 3.14. The van der Waals surface area contributed by atoms with Crippen molar-refractivity contribution in [3.8, 4) is 0 Å². The molecular formula is C22H36N2. The summed E-state index contributed by atoms with van der Waals surface area (Å²) >= 11 is 0. The van der Waals surface area contributed by atoms with E-state index in [4.69, 9.17) is 0 Å². The van der Waals surface area contributed by atoms with Crippen LogP contribution in [-0.4, -0.2) is 6.54 Å². The molecule has 0 amide bonds. The van der Waals surface area contributed by atoms with Gasteiger partial charge in [-0.2, -0.15) is 0 Å². The van der Waals surface area contributed by atoms with E-state index >= 15 is 0 Å². The smallest absolute Gasteiger partial charge is 0.0211 e. The highest BCUT2D eigenvalue weighted by Crippen LogP contribution is 2.13. The Labute approximate surface area is 149 Å². The maximum Gasteiger partial charge on any atom is 0.0211 e. The Morgan fingerprint density at radius 2 is 0.958 bits per heavy atom. The molecule has 2 aliphatic heterocycles. The van der Waals surface area contributed by atoms with E-state index in [-0.39, 0.29) is 7.43 Å². The monoisotopic (exact) mass is 328 g/mol. The molecule has 2 N–H and O–H groups in total. The van der Waals surface area contributed by atoms with E-state index < -0.39 is 0 Å². The minimum atomic E-state index is 0. The highest BCUT2D eigenvalue weighted by atomic mass is 14.9. The maximum atomic E-state index is 3.34. The lowest BCUT2D eigenvalue weighted by Gasteiger charge is -2.15. The Morgan fingerprint density at radius 1 is 0.583 bits per heavy atom. The SMILES string of the molecule is C.CC.CC.c1ccc2c(c1)CCNC2.c1ccc2c(c1)CNC2. The molecule has 24 heavy (non-hydrogen) atoms. The van der Waals surface area contributed by atoms with Gasteiger partial charge in [0.25, 0.3) is 0 Å². The fourth-order valence-corrected chi connectivity index (χ4v) is 2.65. The number of nitrogens with one attached hydrogen (secondary N) is 2. The molecule has 2 heteroatoms. The topological polar surface area (TPSA) is 24.1 Å². The highest BCUT2D eigenvalue weighted by molar-refractivity contribution is 5.30. The van der Waals surface area contributed by atoms with Crippen molar-refractivity contribution in [2.24, 2.45) is 0 Å². The van der Waals surface area contributed by atoms with E-state index in [2.05, 4.69) is 59.2 Å². The lowest BCUT2D eigenvalue weighted by molar-refractivity contribution is 0.644. The second kappa shape index (κ2) is 13.8. The summed E-state index contributed by atoms with van der Waals surface area (Å²) in [6.07, 6.45) is 1.19. The van der Waals surface area contributed by atoms with Crippen molar-refractivity contribution in [2.45, 2.75) is 61.2 Å². The summed E-state index contributed by atoms with van der Waals surface area (Å²) < 4.78 is 0. The summed E-state index contributed by atoms with van der Waals surface area (Å²) in [6.45, 7) is 12.3. The standard InChI is InChI=1S/C9H11N.C8H9N.2C2H6.CH4/c1-2-4-9-7-10-6-5-8(9)3-1;1-2-4-8-6-9-5-7(8)3-1;2*1-2;/h1-4,10H,5-7H2;1-4,9H,5-6H2;2*1-2H3;1H4. The Kier molecular flexibility index (Phi) is 12.8. The largest absolute Gasteiger partial charge is 0.312 e. The Morgan fingerprint density at radius 3 is 1.42 bits per heavy atom. The zero-order valence-electron chi connectivity index (χ0n) is 15.2. The lowest BCUT2D eigenvalue weighted by atomic mass is 10.0. The number of rotatable bonds is 0. The molecule has 0 saturated carbocycles. The molecule has 0 spiro atoms. The molecule has 2 heterocycles. The normalized spacial score (nSPS) is 13.2. The first-order valence-electron chi connectivity index (χ1n) is 8.98. The minimum Gasteiger partial charge on any atom is -0.312 e. The van der Waals surface area contributed by atoms with Crippen molar-refractivity contribution in [3.63, 3.8) is 0 Å². The second-order valence-electron chi connectivity index (χ2n) is 5.07. The minimum absolute atomic E-state index is 0. The van der Waals surface area contributed by atoms with Crippen LogP contribution in [0.25, 0.3) is 0 Å². The van der Waals surface area contributed by atoms with Crippen LogP contribution in [0.2, 0.25) is 0 Å². The van der Waals surface area contributed by atoms with Gasteiger partial charge < -0.3 is 10.6 Å². The summed E-state index contributed by atoms with van der Waals surface area (Å²) in [5, 5.41) is 6.63. The number of fused-ring (bicyclic) bond motifs is 2. The summed E-state index contributed by atoms with van der Waals surface area (Å²) in [5.41, 5.74) is 5.89. The first kappa shape index (κ1) is 22.4. The quantitative estimate of drug-likeness (QED) is 0.685. The summed E-state index contributed by atoms with van der Waals surface area (Å²) in [7, 11) is 0. The summed E-state index contributed by atoms with van der Waals surface area (Å²) in [6, 6.07) is 17.2. The molecule has 0 bridgehead atoms. The van der Waals surface area contributed by atoms with Crippen molar-refractivity contribution in [3.05, 3.63) is 70.8 Å². The van der Waals surface area contributed by atoms with Gasteiger partial charge in [-0.15, -0.1) is 0 Å². The van der Waals surface area contributed by atoms with Crippen molar-refractivity contribution < 1.29 is 0 Å². The van der Waals surface area contributed by atoms with Crippen molar-refractivity contribution >= 4 is 0 Å². The van der Waals surface area contributed by atoms with Gasteiger partial charge in [0.05, 0.1) is 0 Å². The van der Waals surface area contributed by atoms with Crippen LogP contribution in [0.5, 0.6) is 0 Å². The van der Waals surface area contributed by atoms with E-state index in [1.165, 1.54) is 28.7 Å². The fraction of sp³-hybridized carbons (Fsp3) is 0.455. The predicted octanol–water partition coefficient (Wildman–Crippen LogP) is 5.31. The Hall–Kier alpha value is -1.64. The zero-order chi connectivity index (χ0) is 16.9. The molecule has 0 saturated heterocycles. The number of hydrogen-bond acceptors (Lipinski definition) is 2. The Bertz CT molecular complexity index is 501. The van der Waals surface area contributed by atoms with E-state index in [0.717, 1.165) is 26.2 Å². The molecule has 134 valence electrons. The van der Waals surface area contributed by atoms with E-state index in [0.29, 0.717) is 0 Å². The van der Waals surface area contributed by atoms with Gasteiger partial charge in [0.1, 0.15) is 0 Å². The lowest BCUT2D eigenvalue weighted by Crippen LogP contribution is -2.23. The van der Waals surface area contributed by atoms with Gasteiger partial charge in [0.2, 0.25) is 0 Å². The van der Waals surface area contributed by atoms with Gasteiger partial charge in [-0.25, -0.2) is 0 Å². The average molecular weight is 329 g/mol. The van der Waals surface area contributed by atoms with Crippen LogP contribution in [-0.2, 0) is 26.1 Å². The van der Waals surface area contributed by atoms with Crippen LogP contribution < -0.4 is 10.6 Å². The third-order valence-electron chi connectivity index (χ3n) is 3.75. The second-order valence-corrected chi connectivity index (χ2v) is 5.07. The Balaban J connectivity index is 0.000000355. The molecule has 0 aliphatic carbocycles. The van der Waals surface area contributed by atoms with Crippen LogP contribution in [0.15, 0.2) is 48.5 Å². The van der Waals surface area contributed by atoms with Crippen molar-refractivity contribution in [1.29, 1.82) is 0 Å². The van der Waals surface area contributed by atoms with Crippen LogP contribution in [0.1, 0.15) is 57.4 Å². The van der Waals surface area contributed by atoms with Gasteiger partial charge in [-0.05, 0) is 35.2 Å². The van der Waals surface area contributed by atoms with E-state index in [1.54, 1.807) is 0 Å². The summed E-state index contributed by atoms with van der Waals surface area (Å²) in [4.78, 5) is 0. The first-order valence-corrected chi connectivity index (χ1v) is 8.98. The molecule has 0 unspecified atom stereocenters. The van der Waals surface area contributed by atoms with Gasteiger partial charge in [0.15, 0.2) is 0 Å². The molecule has 0 fully saturated rings. The molecule has 0 aromatic heterocycles. The fourth-order valence-electron chi connectivity index (χ4n) is 2.65.